The highest BCUT2D eigenvalue weighted by Gasteiger charge is 2.50. The Hall–Kier alpha value is -2.62. The van der Waals surface area contributed by atoms with Crippen LogP contribution >= 0.6 is 23.2 Å². The maximum atomic E-state index is 12.6. The van der Waals surface area contributed by atoms with Crippen molar-refractivity contribution in [3.05, 3.63) is 63.6 Å². The van der Waals surface area contributed by atoms with Crippen molar-refractivity contribution >= 4 is 56.5 Å². The third kappa shape index (κ3) is 5.31. The summed E-state index contributed by atoms with van der Waals surface area (Å²) in [6.45, 7) is 1.33. The highest BCUT2D eigenvalue weighted by molar-refractivity contribution is 7.93. The molecule has 0 saturated carbocycles. The molecule has 0 spiro atoms. The van der Waals surface area contributed by atoms with Crippen molar-refractivity contribution in [2.45, 2.75) is 37.0 Å². The van der Waals surface area contributed by atoms with Gasteiger partial charge >= 0.3 is 5.97 Å². The van der Waals surface area contributed by atoms with E-state index in [2.05, 4.69) is 10.6 Å². The molecule has 0 aliphatic carbocycles. The molecule has 2 atom stereocenters. The molecule has 2 amide bonds. The molecule has 1 heterocycles. The number of hydrogen-bond donors (Lipinski definition) is 3. The van der Waals surface area contributed by atoms with Crippen LogP contribution in [0.5, 0.6) is 0 Å². The van der Waals surface area contributed by atoms with Gasteiger partial charge in [-0.3, -0.25) is 9.59 Å². The molecular formula is C22H22Cl2N2O6S. The second kappa shape index (κ2) is 9.70. The van der Waals surface area contributed by atoms with E-state index in [4.69, 9.17) is 23.2 Å². The van der Waals surface area contributed by atoms with Crippen LogP contribution in [0.15, 0.2) is 42.5 Å². The Bertz CT molecular complexity index is 1180. The normalized spacial score (nSPS) is 20.1. The molecule has 11 heteroatoms. The number of rotatable bonds is 7. The van der Waals surface area contributed by atoms with E-state index in [1.165, 1.54) is 6.92 Å². The van der Waals surface area contributed by atoms with E-state index in [0.29, 0.717) is 17.7 Å². The Balaban J connectivity index is 1.69. The summed E-state index contributed by atoms with van der Waals surface area (Å²) < 4.78 is 22.9. The zero-order valence-corrected chi connectivity index (χ0v) is 19.9. The Labute approximate surface area is 201 Å². The van der Waals surface area contributed by atoms with Crippen LogP contribution < -0.4 is 10.6 Å². The van der Waals surface area contributed by atoms with Gasteiger partial charge in [0.15, 0.2) is 9.84 Å². The first-order valence-electron chi connectivity index (χ1n) is 10.0. The van der Waals surface area contributed by atoms with Gasteiger partial charge in [0, 0.05) is 12.1 Å². The molecule has 1 fully saturated rings. The summed E-state index contributed by atoms with van der Waals surface area (Å²) in [6, 6.07) is 9.73. The predicted octanol–water partition coefficient (Wildman–Crippen LogP) is 3.32. The summed E-state index contributed by atoms with van der Waals surface area (Å²) in [5.74, 6) is -2.69. The number of carbonyl (C=O) groups excluding carboxylic acids is 2. The van der Waals surface area contributed by atoms with E-state index in [1.807, 2.05) is 0 Å². The average molecular weight is 513 g/mol. The van der Waals surface area contributed by atoms with Crippen LogP contribution in [0.3, 0.4) is 0 Å². The smallest absolute Gasteiger partial charge is 0.326 e. The molecule has 0 radical (unpaired) electrons. The molecule has 2 aromatic carbocycles. The average Bonchev–Trinajstić information content (AvgIpc) is 3.02. The first-order chi connectivity index (χ1) is 15.4. The summed E-state index contributed by atoms with van der Waals surface area (Å²) in [5, 5.41) is 15.0. The van der Waals surface area contributed by atoms with Gasteiger partial charge in [-0.1, -0.05) is 41.4 Å². The van der Waals surface area contributed by atoms with E-state index in [9.17, 15) is 27.9 Å². The number of amides is 2. The number of sulfone groups is 1. The van der Waals surface area contributed by atoms with Crippen molar-refractivity contribution in [2.75, 3.05) is 11.1 Å². The molecule has 3 N–H and O–H groups in total. The van der Waals surface area contributed by atoms with E-state index < -0.39 is 38.4 Å². The van der Waals surface area contributed by atoms with Crippen molar-refractivity contribution in [1.29, 1.82) is 0 Å². The first-order valence-corrected chi connectivity index (χ1v) is 12.5. The Morgan fingerprint density at radius 3 is 2.21 bits per heavy atom. The van der Waals surface area contributed by atoms with E-state index >= 15 is 0 Å². The third-order valence-corrected chi connectivity index (χ3v) is 8.90. The number of carboxylic acids is 1. The van der Waals surface area contributed by atoms with Gasteiger partial charge in [0.2, 0.25) is 5.91 Å². The van der Waals surface area contributed by atoms with E-state index in [1.54, 1.807) is 42.5 Å². The van der Waals surface area contributed by atoms with Crippen molar-refractivity contribution in [3.63, 3.8) is 0 Å². The lowest BCUT2D eigenvalue weighted by Crippen LogP contribution is -2.53. The largest absolute Gasteiger partial charge is 0.480 e. The van der Waals surface area contributed by atoms with E-state index in [0.717, 1.165) is 0 Å². The van der Waals surface area contributed by atoms with Crippen molar-refractivity contribution < 1.29 is 27.9 Å². The topological polar surface area (TPSA) is 130 Å². The number of halogens is 2. The Morgan fingerprint density at radius 2 is 1.70 bits per heavy atom. The lowest BCUT2D eigenvalue weighted by molar-refractivity contribution is -0.142. The van der Waals surface area contributed by atoms with Crippen LogP contribution in [-0.4, -0.2) is 47.8 Å². The molecule has 8 nitrogen and oxygen atoms in total. The van der Waals surface area contributed by atoms with Crippen molar-refractivity contribution in [2.24, 2.45) is 0 Å². The van der Waals surface area contributed by atoms with Gasteiger partial charge in [0.1, 0.15) is 10.8 Å². The van der Waals surface area contributed by atoms with Crippen molar-refractivity contribution in [3.8, 4) is 0 Å². The highest BCUT2D eigenvalue weighted by atomic mass is 35.5. The number of carboxylic acid groups (broad SMARTS) is 1. The molecule has 1 unspecified atom stereocenters. The standard InChI is InChI=1S/C22H22Cl2N2O6S/c1-22(10-3-11-33(22,31)32)21(30)26-17(20(28)29)12-13-6-8-14(9-7-13)25-19(27)18-15(23)4-2-5-16(18)24/h2,4-9,17H,3,10-12H2,1H3,(H,25,27)(H,26,30)(H,28,29)/t17-,22?/m0/s1. The maximum absolute atomic E-state index is 12.6. The van der Waals surface area contributed by atoms with Gasteiger partial charge in [0.25, 0.3) is 5.91 Å². The highest BCUT2D eigenvalue weighted by Crippen LogP contribution is 2.32. The minimum atomic E-state index is -3.64. The summed E-state index contributed by atoms with van der Waals surface area (Å²) in [5.41, 5.74) is 1.13. The molecule has 1 saturated heterocycles. The van der Waals surface area contributed by atoms with Gasteiger partial charge < -0.3 is 15.7 Å². The lowest BCUT2D eigenvalue weighted by atomic mass is 10.0. The van der Waals surface area contributed by atoms with Crippen LogP contribution in [0, 0.1) is 0 Å². The fraction of sp³-hybridized carbons (Fsp3) is 0.318. The minimum Gasteiger partial charge on any atom is -0.480 e. The fourth-order valence-corrected chi connectivity index (χ4v) is 5.95. The van der Waals surface area contributed by atoms with Crippen LogP contribution in [-0.2, 0) is 25.8 Å². The van der Waals surface area contributed by atoms with Gasteiger partial charge in [-0.05, 0) is 49.6 Å². The van der Waals surface area contributed by atoms with Gasteiger partial charge in [-0.2, -0.15) is 0 Å². The summed E-state index contributed by atoms with van der Waals surface area (Å²) in [6.07, 6.45) is 0.440. The summed E-state index contributed by atoms with van der Waals surface area (Å²) in [4.78, 5) is 36.8. The van der Waals surface area contributed by atoms with E-state index in [-0.39, 0.29) is 34.2 Å². The Morgan fingerprint density at radius 1 is 1.09 bits per heavy atom. The number of benzene rings is 2. The maximum Gasteiger partial charge on any atom is 0.326 e. The number of anilines is 1. The van der Waals surface area contributed by atoms with Gasteiger partial charge in [-0.15, -0.1) is 0 Å². The number of carbonyl (C=O) groups is 3. The molecule has 33 heavy (non-hydrogen) atoms. The van der Waals surface area contributed by atoms with Crippen LogP contribution in [0.25, 0.3) is 0 Å². The molecule has 0 bridgehead atoms. The van der Waals surface area contributed by atoms with Crippen LogP contribution in [0.1, 0.15) is 35.7 Å². The number of aliphatic carboxylic acids is 1. The molecule has 176 valence electrons. The first kappa shape index (κ1) is 25.0. The lowest BCUT2D eigenvalue weighted by Gasteiger charge is -2.24. The summed E-state index contributed by atoms with van der Waals surface area (Å²) >= 11 is 12.1. The SMILES string of the molecule is CC1(C(=O)N[C@@H](Cc2ccc(NC(=O)c3c(Cl)cccc3Cl)cc2)C(=O)O)CCCS1(=O)=O. The second-order valence-corrected chi connectivity index (χ2v) is 11.3. The fourth-order valence-electron chi connectivity index (χ4n) is 3.61. The number of nitrogens with one attached hydrogen (secondary N) is 2. The van der Waals surface area contributed by atoms with Crippen LogP contribution in [0.4, 0.5) is 5.69 Å². The molecule has 3 rings (SSSR count). The molecule has 1 aliphatic rings. The molecular weight excluding hydrogens is 491 g/mol. The summed E-state index contributed by atoms with van der Waals surface area (Å²) in [7, 11) is -3.64. The quantitative estimate of drug-likeness (QED) is 0.521. The third-order valence-electron chi connectivity index (χ3n) is 5.68. The van der Waals surface area contributed by atoms with Gasteiger partial charge in [-0.25, -0.2) is 13.2 Å². The van der Waals surface area contributed by atoms with Crippen molar-refractivity contribution in [1.82, 2.24) is 5.32 Å². The van der Waals surface area contributed by atoms with Gasteiger partial charge in [0.05, 0.1) is 21.4 Å². The monoisotopic (exact) mass is 512 g/mol. The zero-order chi connectivity index (χ0) is 24.4. The molecule has 2 aromatic rings. The Kier molecular flexibility index (Phi) is 7.36. The molecule has 1 aliphatic heterocycles. The molecule has 0 aromatic heterocycles. The minimum absolute atomic E-state index is 0.0677. The number of hydrogen-bond acceptors (Lipinski definition) is 5. The van der Waals surface area contributed by atoms with Crippen LogP contribution in [0.2, 0.25) is 10.0 Å². The predicted molar refractivity (Wildman–Crippen MR) is 126 cm³/mol. The zero-order valence-electron chi connectivity index (χ0n) is 17.6. The second-order valence-electron chi connectivity index (χ2n) is 7.97.